The molecule has 0 aliphatic heterocycles. The van der Waals surface area contributed by atoms with Gasteiger partial charge in [0.2, 0.25) is 0 Å². The van der Waals surface area contributed by atoms with Crippen LogP contribution in [0.1, 0.15) is 11.1 Å². The second kappa shape index (κ2) is 9.23. The van der Waals surface area contributed by atoms with Crippen molar-refractivity contribution in [2.45, 2.75) is 0 Å². The van der Waals surface area contributed by atoms with Crippen molar-refractivity contribution in [1.82, 2.24) is 0 Å². The van der Waals surface area contributed by atoms with Crippen molar-refractivity contribution in [3.63, 3.8) is 0 Å². The van der Waals surface area contributed by atoms with Gasteiger partial charge in [-0.1, -0.05) is 24.3 Å². The van der Waals surface area contributed by atoms with Gasteiger partial charge in [0.25, 0.3) is 0 Å². The molecule has 2 aromatic carbocycles. The van der Waals surface area contributed by atoms with Gasteiger partial charge in [-0.3, -0.25) is 9.98 Å². The Balaban J connectivity index is 0.00000220. The Kier molecular flexibility index (Phi) is 7.61. The fourth-order valence-corrected chi connectivity index (χ4v) is 1.63. The van der Waals surface area contributed by atoms with Crippen LogP contribution < -0.4 is 0 Å². The van der Waals surface area contributed by atoms with Gasteiger partial charge in [-0.2, -0.15) is 0 Å². The van der Waals surface area contributed by atoms with Crippen LogP contribution in [0.25, 0.3) is 0 Å². The van der Waals surface area contributed by atoms with Crippen LogP contribution in [0.15, 0.2) is 58.5 Å². The van der Waals surface area contributed by atoms with E-state index >= 15 is 0 Å². The summed E-state index contributed by atoms with van der Waals surface area (Å²) in [7, 11) is 0. The Hall–Kier alpha value is -1.75. The summed E-state index contributed by atoms with van der Waals surface area (Å²) >= 11 is 0. The minimum Gasteiger partial charge on any atom is -0.507 e. The number of hydrogen-bond acceptors (Lipinski definition) is 4. The molecule has 4 nitrogen and oxygen atoms in total. The van der Waals surface area contributed by atoms with E-state index in [1.807, 2.05) is 12.1 Å². The third-order valence-corrected chi connectivity index (χ3v) is 2.69. The van der Waals surface area contributed by atoms with E-state index in [9.17, 15) is 10.2 Å². The van der Waals surface area contributed by atoms with Crippen LogP contribution in [0.2, 0.25) is 0 Å². The summed E-state index contributed by atoms with van der Waals surface area (Å²) in [5.74, 6) is 0.433. The second-order valence-corrected chi connectivity index (χ2v) is 4.19. The third kappa shape index (κ3) is 5.63. The van der Waals surface area contributed by atoms with Crippen LogP contribution in [-0.4, -0.2) is 61.6 Å². The number of para-hydroxylation sites is 2. The molecular formula is C16H16InN2O2. The number of benzene rings is 2. The average molecular weight is 383 g/mol. The molecule has 0 fully saturated rings. The van der Waals surface area contributed by atoms with Gasteiger partial charge in [-0.05, 0) is 24.3 Å². The van der Waals surface area contributed by atoms with Crippen molar-refractivity contribution >= 4 is 38.3 Å². The zero-order valence-corrected chi connectivity index (χ0v) is 14.8. The maximum absolute atomic E-state index is 9.54. The van der Waals surface area contributed by atoms with Crippen molar-refractivity contribution < 1.29 is 10.2 Å². The van der Waals surface area contributed by atoms with Crippen molar-refractivity contribution in [1.29, 1.82) is 0 Å². The van der Waals surface area contributed by atoms with Gasteiger partial charge >= 0.3 is 0 Å². The minimum atomic E-state index is 0. The number of aliphatic imine (C=N–C) groups is 2. The van der Waals surface area contributed by atoms with E-state index in [1.165, 1.54) is 0 Å². The van der Waals surface area contributed by atoms with Crippen molar-refractivity contribution in [2.24, 2.45) is 9.98 Å². The molecule has 0 bridgehead atoms. The summed E-state index contributed by atoms with van der Waals surface area (Å²) < 4.78 is 0. The molecule has 0 heterocycles. The van der Waals surface area contributed by atoms with Gasteiger partial charge in [0.05, 0.1) is 13.1 Å². The van der Waals surface area contributed by atoms with E-state index in [2.05, 4.69) is 9.98 Å². The van der Waals surface area contributed by atoms with Gasteiger partial charge in [0, 0.05) is 49.4 Å². The standard InChI is InChI=1S/C16H16N2O2.In/c19-15-7-3-1-5-13(15)11-17-9-10-18-12-14-6-2-4-8-16(14)20;/h1-8,11-12,19-20H,9-10H2;. The van der Waals surface area contributed by atoms with E-state index in [4.69, 9.17) is 0 Å². The Labute approximate surface area is 142 Å². The van der Waals surface area contributed by atoms with Gasteiger partial charge in [-0.25, -0.2) is 0 Å². The normalized spacial score (nSPS) is 10.9. The molecule has 0 spiro atoms. The molecule has 0 saturated carbocycles. The van der Waals surface area contributed by atoms with Crippen molar-refractivity contribution in [2.75, 3.05) is 13.1 Å². The first-order chi connectivity index (χ1) is 9.77. The van der Waals surface area contributed by atoms with Crippen LogP contribution in [0.4, 0.5) is 0 Å². The fraction of sp³-hybridized carbons (Fsp3) is 0.125. The van der Waals surface area contributed by atoms with E-state index in [0.29, 0.717) is 24.2 Å². The molecule has 21 heavy (non-hydrogen) atoms. The summed E-state index contributed by atoms with van der Waals surface area (Å²) in [5, 5.41) is 19.1. The zero-order valence-electron chi connectivity index (χ0n) is 11.6. The smallest absolute Gasteiger partial charge is 0.124 e. The predicted octanol–water partition coefficient (Wildman–Crippen LogP) is 2.26. The average Bonchev–Trinajstić information content (AvgIpc) is 2.46. The monoisotopic (exact) mass is 383 g/mol. The third-order valence-electron chi connectivity index (χ3n) is 2.69. The zero-order chi connectivity index (χ0) is 14.2. The number of phenolic OH excluding ortho intramolecular Hbond substituents is 2. The molecular weight excluding hydrogens is 367 g/mol. The molecule has 0 unspecified atom stereocenters. The van der Waals surface area contributed by atoms with Crippen LogP contribution in [0.3, 0.4) is 0 Å². The topological polar surface area (TPSA) is 65.2 Å². The largest absolute Gasteiger partial charge is 0.507 e. The molecule has 0 atom stereocenters. The summed E-state index contributed by atoms with van der Waals surface area (Å²) in [6, 6.07) is 14.1. The molecule has 5 heteroatoms. The molecule has 0 aliphatic carbocycles. The Bertz CT molecular complexity index is 572. The molecule has 2 aromatic rings. The molecule has 0 amide bonds. The first-order valence-electron chi connectivity index (χ1n) is 6.33. The molecule has 0 aromatic heterocycles. The van der Waals surface area contributed by atoms with E-state index in [-0.39, 0.29) is 37.3 Å². The Morgan fingerprint density at radius 2 is 1.10 bits per heavy atom. The number of phenols is 2. The summed E-state index contributed by atoms with van der Waals surface area (Å²) in [6.45, 7) is 1.05. The van der Waals surface area contributed by atoms with Crippen LogP contribution in [0.5, 0.6) is 11.5 Å². The predicted molar refractivity (Wildman–Crippen MR) is 86.9 cm³/mol. The minimum absolute atomic E-state index is 0. The quantitative estimate of drug-likeness (QED) is 0.615. The number of hydrogen-bond donors (Lipinski definition) is 2. The Morgan fingerprint density at radius 1 is 0.714 bits per heavy atom. The first kappa shape index (κ1) is 17.3. The summed E-state index contributed by atoms with van der Waals surface area (Å²) in [6.07, 6.45) is 3.26. The molecule has 2 N–H and O–H groups in total. The molecule has 0 saturated heterocycles. The first-order valence-corrected chi connectivity index (χ1v) is 6.33. The number of nitrogens with zero attached hydrogens (tertiary/aromatic N) is 2. The van der Waals surface area contributed by atoms with Crippen LogP contribution >= 0.6 is 0 Å². The van der Waals surface area contributed by atoms with Crippen LogP contribution in [-0.2, 0) is 0 Å². The molecule has 105 valence electrons. The van der Waals surface area contributed by atoms with E-state index in [1.54, 1.807) is 48.8 Å². The molecule has 3 radical (unpaired) electrons. The maximum Gasteiger partial charge on any atom is 0.124 e. The fourth-order valence-electron chi connectivity index (χ4n) is 1.63. The van der Waals surface area contributed by atoms with E-state index in [0.717, 1.165) is 0 Å². The maximum atomic E-state index is 9.54. The SMILES string of the molecule is Oc1ccccc1C=NCCN=Cc1ccccc1O.[In]. The summed E-state index contributed by atoms with van der Waals surface area (Å²) in [5.41, 5.74) is 1.38. The van der Waals surface area contributed by atoms with Gasteiger partial charge < -0.3 is 10.2 Å². The summed E-state index contributed by atoms with van der Waals surface area (Å²) in [4.78, 5) is 8.39. The second-order valence-electron chi connectivity index (χ2n) is 4.19. The van der Waals surface area contributed by atoms with Gasteiger partial charge in [-0.15, -0.1) is 0 Å². The number of aromatic hydroxyl groups is 2. The molecule has 0 aliphatic rings. The van der Waals surface area contributed by atoms with Crippen LogP contribution in [0, 0.1) is 0 Å². The number of rotatable bonds is 5. The van der Waals surface area contributed by atoms with Gasteiger partial charge in [0.1, 0.15) is 11.5 Å². The van der Waals surface area contributed by atoms with Crippen molar-refractivity contribution in [3.8, 4) is 11.5 Å². The van der Waals surface area contributed by atoms with E-state index < -0.39 is 0 Å². The van der Waals surface area contributed by atoms with Crippen molar-refractivity contribution in [3.05, 3.63) is 59.7 Å². The molecule has 2 rings (SSSR count). The Morgan fingerprint density at radius 3 is 1.48 bits per heavy atom. The van der Waals surface area contributed by atoms with Gasteiger partial charge in [0.15, 0.2) is 0 Å².